The SMILES string of the molecule is Cc1cccc(C)c1NC(=O)CN(C)CCCN1C(=O)c2ccccc2C1=O. The van der Waals surface area contributed by atoms with Crippen LogP contribution in [-0.2, 0) is 4.79 Å². The fourth-order valence-corrected chi connectivity index (χ4v) is 3.46. The molecular weight excluding hydrogens is 354 g/mol. The van der Waals surface area contributed by atoms with Crippen LogP contribution < -0.4 is 5.32 Å². The molecule has 0 fully saturated rings. The first-order valence-corrected chi connectivity index (χ1v) is 9.38. The highest BCUT2D eigenvalue weighted by Crippen LogP contribution is 2.22. The quantitative estimate of drug-likeness (QED) is 0.751. The summed E-state index contributed by atoms with van der Waals surface area (Å²) in [6.07, 6.45) is 0.610. The van der Waals surface area contributed by atoms with Crippen LogP contribution in [0.15, 0.2) is 42.5 Å². The molecule has 0 spiro atoms. The van der Waals surface area contributed by atoms with E-state index in [0.29, 0.717) is 30.6 Å². The lowest BCUT2D eigenvalue weighted by molar-refractivity contribution is -0.117. The van der Waals surface area contributed by atoms with E-state index in [1.807, 2.05) is 44.0 Å². The summed E-state index contributed by atoms with van der Waals surface area (Å²) in [5.41, 5.74) is 3.85. The minimum atomic E-state index is -0.240. The van der Waals surface area contributed by atoms with Crippen LogP contribution in [0.5, 0.6) is 0 Å². The molecule has 0 bridgehead atoms. The van der Waals surface area contributed by atoms with Gasteiger partial charge in [-0.3, -0.25) is 24.2 Å². The van der Waals surface area contributed by atoms with E-state index in [2.05, 4.69) is 5.32 Å². The molecule has 146 valence electrons. The van der Waals surface area contributed by atoms with E-state index in [4.69, 9.17) is 0 Å². The van der Waals surface area contributed by atoms with Crippen molar-refractivity contribution in [1.29, 1.82) is 0 Å². The third-order valence-electron chi connectivity index (χ3n) is 4.96. The molecule has 0 aromatic heterocycles. The van der Waals surface area contributed by atoms with Crippen molar-refractivity contribution in [1.82, 2.24) is 9.80 Å². The van der Waals surface area contributed by atoms with Gasteiger partial charge in [0, 0.05) is 18.8 Å². The molecule has 0 unspecified atom stereocenters. The Morgan fingerprint density at radius 3 is 2.11 bits per heavy atom. The molecule has 2 aromatic rings. The Bertz CT molecular complexity index is 868. The van der Waals surface area contributed by atoms with E-state index in [0.717, 1.165) is 16.8 Å². The molecule has 28 heavy (non-hydrogen) atoms. The van der Waals surface area contributed by atoms with E-state index < -0.39 is 0 Å². The number of fused-ring (bicyclic) bond motifs is 1. The average Bonchev–Trinajstić information content (AvgIpc) is 2.90. The largest absolute Gasteiger partial charge is 0.324 e. The first-order valence-electron chi connectivity index (χ1n) is 9.38. The fourth-order valence-electron chi connectivity index (χ4n) is 3.46. The van der Waals surface area contributed by atoms with Crippen molar-refractivity contribution in [2.75, 3.05) is 32.0 Å². The highest BCUT2D eigenvalue weighted by molar-refractivity contribution is 6.21. The van der Waals surface area contributed by atoms with Gasteiger partial charge in [-0.2, -0.15) is 0 Å². The second-order valence-corrected chi connectivity index (χ2v) is 7.21. The van der Waals surface area contributed by atoms with Gasteiger partial charge < -0.3 is 5.32 Å². The Morgan fingerprint density at radius 1 is 0.964 bits per heavy atom. The number of benzene rings is 2. The predicted octanol–water partition coefficient (Wildman–Crippen LogP) is 2.86. The lowest BCUT2D eigenvalue weighted by Crippen LogP contribution is -2.35. The van der Waals surface area contributed by atoms with Gasteiger partial charge in [-0.05, 0) is 50.6 Å². The highest BCUT2D eigenvalue weighted by atomic mass is 16.2. The number of rotatable bonds is 7. The second-order valence-electron chi connectivity index (χ2n) is 7.21. The molecule has 1 heterocycles. The minimum Gasteiger partial charge on any atom is -0.324 e. The summed E-state index contributed by atoms with van der Waals surface area (Å²) in [6, 6.07) is 12.8. The van der Waals surface area contributed by atoms with Crippen LogP contribution >= 0.6 is 0 Å². The van der Waals surface area contributed by atoms with Crippen molar-refractivity contribution in [3.8, 4) is 0 Å². The van der Waals surface area contributed by atoms with Gasteiger partial charge in [0.1, 0.15) is 0 Å². The Morgan fingerprint density at radius 2 is 1.54 bits per heavy atom. The molecule has 3 rings (SSSR count). The number of aryl methyl sites for hydroxylation is 2. The molecule has 0 atom stereocenters. The topological polar surface area (TPSA) is 69.7 Å². The monoisotopic (exact) mass is 379 g/mol. The minimum absolute atomic E-state index is 0.0827. The number of hydrogen-bond donors (Lipinski definition) is 1. The standard InChI is InChI=1S/C22H25N3O3/c1-15-8-6-9-16(2)20(15)23-19(26)14-24(3)12-7-13-25-21(27)17-10-4-5-11-18(17)22(25)28/h4-6,8-11H,7,12-14H2,1-3H3,(H,23,26). The maximum absolute atomic E-state index is 12.4. The molecule has 0 saturated carbocycles. The highest BCUT2D eigenvalue weighted by Gasteiger charge is 2.34. The lowest BCUT2D eigenvalue weighted by atomic mass is 10.1. The van der Waals surface area contributed by atoms with Crippen molar-refractivity contribution in [3.63, 3.8) is 0 Å². The van der Waals surface area contributed by atoms with Gasteiger partial charge in [-0.15, -0.1) is 0 Å². The number of nitrogens with one attached hydrogen (secondary N) is 1. The summed E-state index contributed by atoms with van der Waals surface area (Å²) in [4.78, 5) is 40.2. The van der Waals surface area contributed by atoms with Crippen LogP contribution in [0.3, 0.4) is 0 Å². The molecule has 1 aliphatic heterocycles. The van der Waals surface area contributed by atoms with E-state index in [1.165, 1.54) is 4.90 Å². The van der Waals surface area contributed by atoms with Gasteiger partial charge in [0.25, 0.3) is 11.8 Å². The van der Waals surface area contributed by atoms with E-state index in [1.54, 1.807) is 24.3 Å². The van der Waals surface area contributed by atoms with Crippen molar-refractivity contribution in [2.45, 2.75) is 20.3 Å². The number of para-hydroxylation sites is 1. The van der Waals surface area contributed by atoms with E-state index in [-0.39, 0.29) is 24.3 Å². The summed E-state index contributed by atoms with van der Waals surface area (Å²) in [5, 5.41) is 2.97. The number of likely N-dealkylation sites (N-methyl/N-ethyl adjacent to an activating group) is 1. The van der Waals surface area contributed by atoms with Crippen molar-refractivity contribution in [2.24, 2.45) is 0 Å². The molecule has 3 amide bonds. The zero-order valence-electron chi connectivity index (χ0n) is 16.5. The van der Waals surface area contributed by atoms with Crippen molar-refractivity contribution < 1.29 is 14.4 Å². The number of hydrogen-bond acceptors (Lipinski definition) is 4. The second kappa shape index (κ2) is 8.35. The molecule has 1 N–H and O–H groups in total. The molecule has 0 saturated heterocycles. The van der Waals surface area contributed by atoms with Gasteiger partial charge in [-0.25, -0.2) is 0 Å². The number of amides is 3. The predicted molar refractivity (Wildman–Crippen MR) is 108 cm³/mol. The lowest BCUT2D eigenvalue weighted by Gasteiger charge is -2.19. The van der Waals surface area contributed by atoms with Gasteiger partial charge in [0.2, 0.25) is 5.91 Å². The van der Waals surface area contributed by atoms with Gasteiger partial charge in [-0.1, -0.05) is 30.3 Å². The summed E-state index contributed by atoms with van der Waals surface area (Å²) in [6.45, 7) is 5.13. The fraction of sp³-hybridized carbons (Fsp3) is 0.318. The number of nitrogens with zero attached hydrogens (tertiary/aromatic N) is 2. The number of anilines is 1. The third kappa shape index (κ3) is 4.12. The summed E-state index contributed by atoms with van der Waals surface area (Å²) in [7, 11) is 1.85. The number of imide groups is 1. The zero-order chi connectivity index (χ0) is 20.3. The normalized spacial score (nSPS) is 13.2. The number of carbonyl (C=O) groups is 3. The van der Waals surface area contributed by atoms with Crippen LogP contribution in [0.4, 0.5) is 5.69 Å². The van der Waals surface area contributed by atoms with Gasteiger partial charge in [0.05, 0.1) is 17.7 Å². The molecule has 0 aliphatic carbocycles. The maximum Gasteiger partial charge on any atom is 0.261 e. The number of carbonyl (C=O) groups excluding carboxylic acids is 3. The van der Waals surface area contributed by atoms with Gasteiger partial charge >= 0.3 is 0 Å². The Hall–Kier alpha value is -2.99. The smallest absolute Gasteiger partial charge is 0.261 e. The van der Waals surface area contributed by atoms with Gasteiger partial charge in [0.15, 0.2) is 0 Å². The van der Waals surface area contributed by atoms with Crippen LogP contribution in [0.2, 0.25) is 0 Å². The average molecular weight is 379 g/mol. The molecule has 6 nitrogen and oxygen atoms in total. The molecule has 6 heteroatoms. The molecular formula is C22H25N3O3. The summed E-state index contributed by atoms with van der Waals surface area (Å²) in [5.74, 6) is -0.562. The molecule has 2 aromatic carbocycles. The maximum atomic E-state index is 12.4. The first kappa shape index (κ1) is 19.8. The van der Waals surface area contributed by atoms with Crippen LogP contribution in [0.25, 0.3) is 0 Å². The van der Waals surface area contributed by atoms with Crippen molar-refractivity contribution in [3.05, 3.63) is 64.7 Å². The Labute approximate surface area is 165 Å². The van der Waals surface area contributed by atoms with E-state index in [9.17, 15) is 14.4 Å². The Kier molecular flexibility index (Phi) is 5.90. The Balaban J connectivity index is 1.47. The summed E-state index contributed by atoms with van der Waals surface area (Å²) >= 11 is 0. The van der Waals surface area contributed by atoms with Crippen LogP contribution in [0, 0.1) is 13.8 Å². The van der Waals surface area contributed by atoms with E-state index >= 15 is 0 Å². The zero-order valence-corrected chi connectivity index (χ0v) is 16.5. The third-order valence-corrected chi connectivity index (χ3v) is 4.96. The van der Waals surface area contributed by atoms with Crippen molar-refractivity contribution >= 4 is 23.4 Å². The van der Waals surface area contributed by atoms with Crippen LogP contribution in [-0.4, -0.2) is 54.2 Å². The summed E-state index contributed by atoms with van der Waals surface area (Å²) < 4.78 is 0. The van der Waals surface area contributed by atoms with Crippen LogP contribution in [0.1, 0.15) is 38.3 Å². The molecule has 1 aliphatic rings. The molecule has 0 radical (unpaired) electrons. The first-order chi connectivity index (χ1) is 13.4.